The van der Waals surface area contributed by atoms with Crippen LogP contribution in [0.3, 0.4) is 0 Å². The average molecular weight is 355 g/mol. The SMILES string of the molecule is COc1ccc(Cl)cc1CN(C)C(=O)C1CC(F)(F)CN1.Cl. The number of benzene rings is 1. The smallest absolute Gasteiger partial charge is 0.262 e. The zero-order valence-corrected chi connectivity index (χ0v) is 13.8. The van der Waals surface area contributed by atoms with Crippen LogP contribution in [-0.4, -0.2) is 43.5 Å². The predicted molar refractivity (Wildman–Crippen MR) is 83.1 cm³/mol. The third-order valence-electron chi connectivity index (χ3n) is 3.43. The van der Waals surface area contributed by atoms with Crippen molar-refractivity contribution < 1.29 is 18.3 Å². The lowest BCUT2D eigenvalue weighted by atomic mass is 10.1. The number of halogens is 4. The van der Waals surface area contributed by atoms with E-state index in [4.69, 9.17) is 16.3 Å². The molecule has 8 heteroatoms. The maximum atomic E-state index is 13.1. The third-order valence-corrected chi connectivity index (χ3v) is 3.67. The summed E-state index contributed by atoms with van der Waals surface area (Å²) in [5.41, 5.74) is 0.727. The van der Waals surface area contributed by atoms with Crippen molar-refractivity contribution in [2.75, 3.05) is 20.7 Å². The van der Waals surface area contributed by atoms with Crippen LogP contribution in [0.15, 0.2) is 18.2 Å². The molecule has 1 aromatic rings. The fourth-order valence-corrected chi connectivity index (χ4v) is 2.56. The lowest BCUT2D eigenvalue weighted by molar-refractivity contribution is -0.132. The minimum absolute atomic E-state index is 0. The van der Waals surface area contributed by atoms with E-state index < -0.39 is 24.9 Å². The summed E-state index contributed by atoms with van der Waals surface area (Å²) < 4.78 is 31.5. The molecule has 1 atom stereocenters. The molecule has 0 radical (unpaired) electrons. The van der Waals surface area contributed by atoms with Gasteiger partial charge in [0.1, 0.15) is 5.75 Å². The highest BCUT2D eigenvalue weighted by molar-refractivity contribution is 6.30. The Morgan fingerprint density at radius 2 is 2.23 bits per heavy atom. The van der Waals surface area contributed by atoms with Crippen LogP contribution in [0.4, 0.5) is 8.78 Å². The Hall–Kier alpha value is -1.11. The zero-order chi connectivity index (χ0) is 15.6. The normalized spacial score (nSPS) is 19.4. The predicted octanol–water partition coefficient (Wildman–Crippen LogP) is 2.73. The van der Waals surface area contributed by atoms with Gasteiger partial charge < -0.3 is 9.64 Å². The molecule has 22 heavy (non-hydrogen) atoms. The Balaban J connectivity index is 0.00000242. The van der Waals surface area contributed by atoms with Crippen LogP contribution in [-0.2, 0) is 11.3 Å². The number of hydrogen-bond acceptors (Lipinski definition) is 3. The fourth-order valence-electron chi connectivity index (χ4n) is 2.36. The minimum atomic E-state index is -2.82. The van der Waals surface area contributed by atoms with Gasteiger partial charge in [0.2, 0.25) is 5.91 Å². The molecule has 0 spiro atoms. The number of nitrogens with one attached hydrogen (secondary N) is 1. The standard InChI is InChI=1S/C14H17ClF2N2O2.ClH/c1-19(13(20)11-6-14(16,17)8-18-11)7-9-5-10(15)3-4-12(9)21-2;/h3-5,11,18H,6-8H2,1-2H3;1H. The van der Waals surface area contributed by atoms with Crippen molar-refractivity contribution in [2.45, 2.75) is 24.9 Å². The molecule has 1 unspecified atom stereocenters. The third kappa shape index (κ3) is 4.44. The van der Waals surface area contributed by atoms with E-state index in [1.807, 2.05) is 0 Å². The molecular formula is C14H18Cl2F2N2O2. The van der Waals surface area contributed by atoms with Crippen molar-refractivity contribution >= 4 is 29.9 Å². The molecule has 1 saturated heterocycles. The number of ether oxygens (including phenoxy) is 1. The highest BCUT2D eigenvalue weighted by atomic mass is 35.5. The second kappa shape index (κ2) is 7.44. The molecule has 124 valence electrons. The van der Waals surface area contributed by atoms with Crippen LogP contribution >= 0.6 is 24.0 Å². The number of methoxy groups -OCH3 is 1. The Labute approximate surface area is 139 Å². The first-order valence-corrected chi connectivity index (χ1v) is 6.89. The average Bonchev–Trinajstić information content (AvgIpc) is 2.78. The second-order valence-corrected chi connectivity index (χ2v) is 5.58. The first kappa shape index (κ1) is 18.9. The molecular weight excluding hydrogens is 337 g/mol. The number of hydrogen-bond donors (Lipinski definition) is 1. The van der Waals surface area contributed by atoms with Crippen molar-refractivity contribution in [1.82, 2.24) is 10.2 Å². The molecule has 0 bridgehead atoms. The fraction of sp³-hybridized carbons (Fsp3) is 0.500. The largest absolute Gasteiger partial charge is 0.496 e. The summed E-state index contributed by atoms with van der Waals surface area (Å²) in [6.45, 7) is -0.218. The van der Waals surface area contributed by atoms with Crippen molar-refractivity contribution in [2.24, 2.45) is 0 Å². The van der Waals surface area contributed by atoms with Gasteiger partial charge in [-0.25, -0.2) is 8.78 Å². The lowest BCUT2D eigenvalue weighted by Crippen LogP contribution is -2.41. The monoisotopic (exact) mass is 354 g/mol. The van der Waals surface area contributed by atoms with Crippen LogP contribution in [0.1, 0.15) is 12.0 Å². The number of nitrogens with zero attached hydrogens (tertiary/aromatic N) is 1. The highest BCUT2D eigenvalue weighted by Gasteiger charge is 2.43. The molecule has 1 aliphatic heterocycles. The highest BCUT2D eigenvalue weighted by Crippen LogP contribution is 2.27. The first-order valence-electron chi connectivity index (χ1n) is 6.51. The van der Waals surface area contributed by atoms with Gasteiger partial charge in [-0.3, -0.25) is 10.1 Å². The number of amides is 1. The van der Waals surface area contributed by atoms with Gasteiger partial charge in [0, 0.05) is 30.6 Å². The summed E-state index contributed by atoms with van der Waals surface area (Å²) in [6, 6.07) is 4.24. The molecule has 2 rings (SSSR count). The number of rotatable bonds is 4. The molecule has 1 heterocycles. The number of likely N-dealkylation sites (N-methyl/N-ethyl adjacent to an activating group) is 1. The topological polar surface area (TPSA) is 41.6 Å². The maximum absolute atomic E-state index is 13.1. The molecule has 0 aromatic heterocycles. The first-order chi connectivity index (χ1) is 9.82. The number of carbonyl (C=O) groups excluding carboxylic acids is 1. The molecule has 1 fully saturated rings. The van der Waals surface area contributed by atoms with E-state index in [0.29, 0.717) is 10.8 Å². The minimum Gasteiger partial charge on any atom is -0.496 e. The van der Waals surface area contributed by atoms with Crippen molar-refractivity contribution in [3.05, 3.63) is 28.8 Å². The summed E-state index contributed by atoms with van der Waals surface area (Å²) in [5, 5.41) is 3.08. The zero-order valence-electron chi connectivity index (χ0n) is 12.2. The van der Waals surface area contributed by atoms with E-state index in [1.54, 1.807) is 25.2 Å². The van der Waals surface area contributed by atoms with Crippen molar-refractivity contribution in [3.63, 3.8) is 0 Å². The summed E-state index contributed by atoms with van der Waals surface area (Å²) in [6.07, 6.45) is -0.469. The van der Waals surface area contributed by atoms with E-state index in [9.17, 15) is 13.6 Å². The van der Waals surface area contributed by atoms with E-state index in [-0.39, 0.29) is 24.9 Å². The van der Waals surface area contributed by atoms with Gasteiger partial charge in [0.05, 0.1) is 19.7 Å². The molecule has 1 amide bonds. The van der Waals surface area contributed by atoms with Crippen LogP contribution in [0, 0.1) is 0 Å². The summed E-state index contributed by atoms with van der Waals surface area (Å²) in [7, 11) is 3.09. The molecule has 1 N–H and O–H groups in total. The number of carbonyl (C=O) groups is 1. The summed E-state index contributed by atoms with van der Waals surface area (Å²) in [4.78, 5) is 13.6. The van der Waals surface area contributed by atoms with Gasteiger partial charge in [-0.2, -0.15) is 0 Å². The molecule has 0 aliphatic carbocycles. The van der Waals surface area contributed by atoms with E-state index >= 15 is 0 Å². The Morgan fingerprint density at radius 3 is 2.77 bits per heavy atom. The molecule has 0 saturated carbocycles. The van der Waals surface area contributed by atoms with Crippen molar-refractivity contribution in [3.8, 4) is 5.75 Å². The van der Waals surface area contributed by atoms with Gasteiger partial charge in [-0.05, 0) is 18.2 Å². The van der Waals surface area contributed by atoms with Crippen LogP contribution in [0.2, 0.25) is 5.02 Å². The van der Waals surface area contributed by atoms with Gasteiger partial charge >= 0.3 is 0 Å². The number of alkyl halides is 2. The summed E-state index contributed by atoms with van der Waals surface area (Å²) in [5.74, 6) is -2.59. The van der Waals surface area contributed by atoms with E-state index in [1.165, 1.54) is 12.0 Å². The van der Waals surface area contributed by atoms with Crippen LogP contribution in [0.25, 0.3) is 0 Å². The molecule has 4 nitrogen and oxygen atoms in total. The van der Waals surface area contributed by atoms with E-state index in [0.717, 1.165) is 5.56 Å². The quantitative estimate of drug-likeness (QED) is 0.903. The van der Waals surface area contributed by atoms with Crippen LogP contribution in [0.5, 0.6) is 5.75 Å². The second-order valence-electron chi connectivity index (χ2n) is 5.14. The Kier molecular flexibility index (Phi) is 6.40. The van der Waals surface area contributed by atoms with E-state index in [2.05, 4.69) is 5.32 Å². The Morgan fingerprint density at radius 1 is 1.55 bits per heavy atom. The lowest BCUT2D eigenvalue weighted by Gasteiger charge is -2.22. The Bertz CT molecular complexity index is 544. The van der Waals surface area contributed by atoms with Gasteiger partial charge in [0.15, 0.2) is 0 Å². The van der Waals surface area contributed by atoms with Crippen molar-refractivity contribution in [1.29, 1.82) is 0 Å². The molecule has 1 aromatic carbocycles. The van der Waals surface area contributed by atoms with Crippen LogP contribution < -0.4 is 10.1 Å². The maximum Gasteiger partial charge on any atom is 0.262 e. The molecule has 1 aliphatic rings. The summed E-state index contributed by atoms with van der Waals surface area (Å²) >= 11 is 5.93. The van der Waals surface area contributed by atoms with Gasteiger partial charge in [0.25, 0.3) is 5.92 Å². The van der Waals surface area contributed by atoms with Gasteiger partial charge in [-0.1, -0.05) is 11.6 Å². The van der Waals surface area contributed by atoms with Gasteiger partial charge in [-0.15, -0.1) is 12.4 Å².